The summed E-state index contributed by atoms with van der Waals surface area (Å²) in [4.78, 5) is 13.3. The molecule has 1 aromatic rings. The Labute approximate surface area is 97.5 Å². The highest BCUT2D eigenvalue weighted by Crippen LogP contribution is 2.52. The average molecular weight is 235 g/mol. The van der Waals surface area contributed by atoms with Crippen molar-refractivity contribution in [3.05, 3.63) is 42.0 Å². The van der Waals surface area contributed by atoms with Gasteiger partial charge in [0.2, 0.25) is 0 Å². The largest absolute Gasteiger partial charge is 0.296 e. The number of hydrogen-bond acceptors (Lipinski definition) is 1. The molecule has 1 aromatic carbocycles. The first kappa shape index (κ1) is 10.4. The number of benzene rings is 1. The number of rotatable bonds is 2. The predicted octanol–water partition coefficient (Wildman–Crippen LogP) is 2.91. The topological polar surface area (TPSA) is 20.3 Å². The van der Waals surface area contributed by atoms with Gasteiger partial charge in [0.25, 0.3) is 12.3 Å². The minimum absolute atomic E-state index is 0.344. The first-order valence-corrected chi connectivity index (χ1v) is 5.49. The Hall–Kier alpha value is -1.71. The number of hydrogen-bond donors (Lipinski definition) is 0. The van der Waals surface area contributed by atoms with Gasteiger partial charge in [0.15, 0.2) is 0 Å². The molecule has 1 amide bonds. The van der Waals surface area contributed by atoms with Crippen molar-refractivity contribution in [2.45, 2.75) is 24.8 Å². The van der Waals surface area contributed by atoms with Gasteiger partial charge in [-0.3, -0.25) is 9.69 Å². The zero-order valence-corrected chi connectivity index (χ0v) is 9.12. The molecule has 0 atom stereocenters. The molecular formula is C13H11F2NO. The van der Waals surface area contributed by atoms with Crippen molar-refractivity contribution in [1.29, 1.82) is 0 Å². The molecule has 0 spiro atoms. The van der Waals surface area contributed by atoms with Crippen LogP contribution in [0.5, 0.6) is 0 Å². The first-order valence-electron chi connectivity index (χ1n) is 5.49. The lowest BCUT2D eigenvalue weighted by Gasteiger charge is -2.27. The van der Waals surface area contributed by atoms with E-state index in [2.05, 4.69) is 6.58 Å². The average Bonchev–Trinajstić information content (AvgIpc) is 3.06. The Morgan fingerprint density at radius 1 is 1.24 bits per heavy atom. The summed E-state index contributed by atoms with van der Waals surface area (Å²) in [5.41, 5.74) is 0.255. The third-order valence-electron chi connectivity index (χ3n) is 3.56. The molecule has 0 N–H and O–H groups in total. The number of carbonyl (C=O) groups is 1. The molecule has 1 fully saturated rings. The van der Waals surface area contributed by atoms with Gasteiger partial charge in [0.1, 0.15) is 5.54 Å². The van der Waals surface area contributed by atoms with E-state index in [0.29, 0.717) is 29.7 Å². The van der Waals surface area contributed by atoms with E-state index in [1.165, 1.54) is 4.90 Å². The Kier molecular flexibility index (Phi) is 1.94. The lowest BCUT2D eigenvalue weighted by molar-refractivity contribution is 0.0321. The summed E-state index contributed by atoms with van der Waals surface area (Å²) in [6.45, 7) is 3.79. The monoisotopic (exact) mass is 235 g/mol. The molecule has 1 saturated carbocycles. The summed E-state index contributed by atoms with van der Waals surface area (Å²) in [5, 5.41) is 0. The van der Waals surface area contributed by atoms with E-state index in [4.69, 9.17) is 0 Å². The minimum atomic E-state index is -2.52. The van der Waals surface area contributed by atoms with Gasteiger partial charge in [0, 0.05) is 16.8 Å². The SMILES string of the molecule is C=C1c2ccccc2C(=O)N1C1(C(F)F)CC1. The van der Waals surface area contributed by atoms with Crippen LogP contribution in [0.15, 0.2) is 30.8 Å². The van der Waals surface area contributed by atoms with Crippen LogP contribution in [-0.4, -0.2) is 22.8 Å². The molecule has 3 rings (SSSR count). The molecule has 2 nitrogen and oxygen atoms in total. The van der Waals surface area contributed by atoms with Gasteiger partial charge in [-0.25, -0.2) is 8.78 Å². The number of fused-ring (bicyclic) bond motifs is 1. The fourth-order valence-corrected chi connectivity index (χ4v) is 2.42. The minimum Gasteiger partial charge on any atom is -0.296 e. The highest BCUT2D eigenvalue weighted by atomic mass is 19.3. The third kappa shape index (κ3) is 1.21. The Morgan fingerprint density at radius 2 is 1.82 bits per heavy atom. The summed E-state index contributed by atoms with van der Waals surface area (Å²) in [6, 6.07) is 6.92. The predicted molar refractivity (Wildman–Crippen MR) is 59.6 cm³/mol. The molecule has 0 radical (unpaired) electrons. The van der Waals surface area contributed by atoms with Crippen LogP contribution >= 0.6 is 0 Å². The molecule has 0 unspecified atom stereocenters. The molecule has 1 aliphatic carbocycles. The van der Waals surface area contributed by atoms with E-state index in [0.717, 1.165) is 0 Å². The molecule has 1 heterocycles. The van der Waals surface area contributed by atoms with E-state index in [1.807, 2.05) is 0 Å². The highest BCUT2D eigenvalue weighted by molar-refractivity contribution is 6.09. The van der Waals surface area contributed by atoms with Crippen LogP contribution in [0.3, 0.4) is 0 Å². The fraction of sp³-hybridized carbons (Fsp3) is 0.308. The highest BCUT2D eigenvalue weighted by Gasteiger charge is 2.60. The van der Waals surface area contributed by atoms with Gasteiger partial charge < -0.3 is 0 Å². The molecule has 1 aliphatic heterocycles. The maximum absolute atomic E-state index is 13.1. The molecule has 0 bridgehead atoms. The van der Waals surface area contributed by atoms with Gasteiger partial charge in [-0.05, 0) is 18.9 Å². The number of nitrogens with zero attached hydrogens (tertiary/aromatic N) is 1. The van der Waals surface area contributed by atoms with Crippen molar-refractivity contribution in [2.75, 3.05) is 0 Å². The quantitative estimate of drug-likeness (QED) is 0.771. The first-order chi connectivity index (χ1) is 8.08. The molecule has 0 saturated heterocycles. The third-order valence-corrected chi connectivity index (χ3v) is 3.56. The van der Waals surface area contributed by atoms with Gasteiger partial charge in [0.05, 0.1) is 0 Å². The summed E-state index contributed by atoms with van der Waals surface area (Å²) in [5.74, 6) is -0.344. The van der Waals surface area contributed by atoms with Crippen LogP contribution in [0.1, 0.15) is 28.8 Å². The summed E-state index contributed by atoms with van der Waals surface area (Å²) in [7, 11) is 0. The van der Waals surface area contributed by atoms with Crippen molar-refractivity contribution < 1.29 is 13.6 Å². The van der Waals surface area contributed by atoms with Gasteiger partial charge in [-0.1, -0.05) is 24.8 Å². The normalized spacial score (nSPS) is 21.0. The van der Waals surface area contributed by atoms with Crippen LogP contribution < -0.4 is 0 Å². The Balaban J connectivity index is 2.07. The van der Waals surface area contributed by atoms with Gasteiger partial charge >= 0.3 is 0 Å². The Bertz CT molecular complexity index is 485. The van der Waals surface area contributed by atoms with Crippen molar-refractivity contribution >= 4 is 11.6 Å². The summed E-state index contributed by atoms with van der Waals surface area (Å²) < 4.78 is 26.1. The van der Waals surface area contributed by atoms with Crippen LogP contribution in [0, 0.1) is 0 Å². The maximum Gasteiger partial charge on any atom is 0.261 e. The molecule has 0 aromatic heterocycles. The van der Waals surface area contributed by atoms with Crippen LogP contribution in [0.2, 0.25) is 0 Å². The lowest BCUT2D eigenvalue weighted by Crippen LogP contribution is -2.42. The molecular weight excluding hydrogens is 224 g/mol. The summed E-state index contributed by atoms with van der Waals surface area (Å²) in [6.07, 6.45) is -1.81. The number of halogens is 2. The van der Waals surface area contributed by atoms with Crippen molar-refractivity contribution in [3.8, 4) is 0 Å². The van der Waals surface area contributed by atoms with E-state index in [9.17, 15) is 13.6 Å². The van der Waals surface area contributed by atoms with Crippen LogP contribution in [0.25, 0.3) is 5.70 Å². The number of alkyl halides is 2. The van der Waals surface area contributed by atoms with Crippen LogP contribution in [0.4, 0.5) is 8.78 Å². The zero-order chi connectivity index (χ0) is 12.2. The second kappa shape index (κ2) is 3.15. The zero-order valence-electron chi connectivity index (χ0n) is 9.12. The molecule has 17 heavy (non-hydrogen) atoms. The maximum atomic E-state index is 13.1. The van der Waals surface area contributed by atoms with Crippen LogP contribution in [-0.2, 0) is 0 Å². The molecule has 88 valence electrons. The van der Waals surface area contributed by atoms with Gasteiger partial charge in [-0.2, -0.15) is 0 Å². The smallest absolute Gasteiger partial charge is 0.261 e. The van der Waals surface area contributed by atoms with E-state index >= 15 is 0 Å². The summed E-state index contributed by atoms with van der Waals surface area (Å²) >= 11 is 0. The van der Waals surface area contributed by atoms with E-state index in [1.54, 1.807) is 24.3 Å². The van der Waals surface area contributed by atoms with E-state index < -0.39 is 12.0 Å². The second-order valence-corrected chi connectivity index (χ2v) is 4.54. The molecule has 2 aliphatic rings. The fourth-order valence-electron chi connectivity index (χ4n) is 2.42. The Morgan fingerprint density at radius 3 is 2.29 bits per heavy atom. The standard InChI is InChI=1S/C13H11F2NO/c1-8-9-4-2-3-5-10(9)11(17)16(8)13(6-7-13)12(14)15/h2-5,12H,1,6-7H2. The molecule has 4 heteroatoms. The van der Waals surface area contributed by atoms with Crippen molar-refractivity contribution in [3.63, 3.8) is 0 Å². The lowest BCUT2D eigenvalue weighted by atomic mass is 10.1. The van der Waals surface area contributed by atoms with E-state index in [-0.39, 0.29) is 5.91 Å². The van der Waals surface area contributed by atoms with Gasteiger partial charge in [-0.15, -0.1) is 0 Å². The second-order valence-electron chi connectivity index (χ2n) is 4.54. The van der Waals surface area contributed by atoms with Crippen molar-refractivity contribution in [1.82, 2.24) is 4.90 Å². The van der Waals surface area contributed by atoms with Crippen molar-refractivity contribution in [2.24, 2.45) is 0 Å². The number of amides is 1. The number of carbonyl (C=O) groups excluding carboxylic acids is 1.